The lowest BCUT2D eigenvalue weighted by molar-refractivity contribution is -0.138. The van der Waals surface area contributed by atoms with Crippen LogP contribution in [0.5, 0.6) is 0 Å². The lowest BCUT2D eigenvalue weighted by atomic mass is 9.45. The first-order chi connectivity index (χ1) is 9.95. The molecule has 7 atom stereocenters. The highest BCUT2D eigenvalue weighted by Gasteiger charge is 2.60. The number of alkyl halides is 1. The minimum absolute atomic E-state index is 0.0358. The maximum absolute atomic E-state index is 12.4. The van der Waals surface area contributed by atoms with E-state index in [0.29, 0.717) is 22.5 Å². The van der Waals surface area contributed by atoms with Crippen LogP contribution in [0.25, 0.3) is 0 Å². The molecule has 1 nitrogen and oxygen atoms in total. The van der Waals surface area contributed by atoms with Crippen LogP contribution in [-0.4, -0.2) is 11.2 Å². The first-order valence-electron chi connectivity index (χ1n) is 9.12. The fourth-order valence-electron chi connectivity index (χ4n) is 6.98. The van der Waals surface area contributed by atoms with Crippen molar-refractivity contribution in [2.45, 2.75) is 77.0 Å². The van der Waals surface area contributed by atoms with Crippen LogP contribution in [0.1, 0.15) is 71.6 Å². The van der Waals surface area contributed by atoms with Crippen molar-refractivity contribution >= 4 is 17.4 Å². The predicted molar refractivity (Wildman–Crippen MR) is 86.4 cm³/mol. The summed E-state index contributed by atoms with van der Waals surface area (Å²) in [6.45, 7) is 4.85. The lowest BCUT2D eigenvalue weighted by Crippen LogP contribution is -2.53. The summed E-state index contributed by atoms with van der Waals surface area (Å²) in [5.74, 6) is 3.79. The highest BCUT2D eigenvalue weighted by Crippen LogP contribution is 2.65. The number of fused-ring (bicyclic) bond motifs is 5. The van der Waals surface area contributed by atoms with E-state index in [9.17, 15) is 4.79 Å². The molecule has 0 aromatic carbocycles. The van der Waals surface area contributed by atoms with Gasteiger partial charge in [-0.3, -0.25) is 4.79 Å². The Morgan fingerprint density at radius 1 is 1.00 bits per heavy atom. The number of hydrogen-bond donors (Lipinski definition) is 0. The van der Waals surface area contributed by atoms with Crippen LogP contribution in [0.4, 0.5) is 0 Å². The van der Waals surface area contributed by atoms with Gasteiger partial charge in [0.2, 0.25) is 0 Å². The second kappa shape index (κ2) is 4.73. The number of rotatable bonds is 0. The van der Waals surface area contributed by atoms with Crippen LogP contribution in [0.3, 0.4) is 0 Å². The largest absolute Gasteiger partial charge is 0.299 e. The molecule has 118 valence electrons. The Morgan fingerprint density at radius 2 is 1.81 bits per heavy atom. The second-order valence-electron chi connectivity index (χ2n) is 8.95. The topological polar surface area (TPSA) is 17.1 Å². The van der Waals surface area contributed by atoms with Crippen LogP contribution in [0, 0.1) is 34.5 Å². The molecule has 0 aromatic heterocycles. The van der Waals surface area contributed by atoms with Crippen molar-refractivity contribution < 1.29 is 4.79 Å². The van der Waals surface area contributed by atoms with Gasteiger partial charge in [-0.05, 0) is 80.5 Å². The summed E-state index contributed by atoms with van der Waals surface area (Å²) in [6.07, 6.45) is 11.0. The lowest BCUT2D eigenvalue weighted by Gasteiger charge is -2.60. The molecule has 0 spiro atoms. The molecule has 2 heteroatoms. The molecule has 0 saturated heterocycles. The van der Waals surface area contributed by atoms with E-state index < -0.39 is 0 Å². The van der Waals surface area contributed by atoms with E-state index in [0.717, 1.165) is 30.6 Å². The molecule has 4 aliphatic rings. The average Bonchev–Trinajstić information content (AvgIpc) is 2.76. The fourth-order valence-corrected chi connectivity index (χ4v) is 7.30. The maximum Gasteiger partial charge on any atom is 0.139 e. The van der Waals surface area contributed by atoms with Gasteiger partial charge in [-0.2, -0.15) is 0 Å². The van der Waals surface area contributed by atoms with E-state index in [4.69, 9.17) is 11.6 Å². The Morgan fingerprint density at radius 3 is 2.62 bits per heavy atom. The van der Waals surface area contributed by atoms with Crippen LogP contribution >= 0.6 is 11.6 Å². The minimum atomic E-state index is 0.0358. The fraction of sp³-hybridized carbons (Fsp3) is 0.947. The normalized spacial score (nSPS) is 56.5. The van der Waals surface area contributed by atoms with Crippen molar-refractivity contribution in [1.29, 1.82) is 0 Å². The van der Waals surface area contributed by atoms with E-state index in [2.05, 4.69) is 13.8 Å². The Hall–Kier alpha value is -0.0400. The standard InChI is InChI=1S/C19H29ClO/c1-18-9-7-13(20)11-12(18)3-4-14-15-5-6-17(21)19(15,2)10-8-16(14)18/h12-16H,3-11H2,1-2H3/t12-,13+,14+,15+,16+,18-,19+/m0/s1. The SMILES string of the molecule is C[C@]12CC[C@@H](Cl)C[C@@H]1CC[C@H]1[C@H]2CC[C@@]2(C)C(=O)CC[C@H]12. The van der Waals surface area contributed by atoms with Crippen molar-refractivity contribution in [3.8, 4) is 0 Å². The Bertz CT molecular complexity index is 460. The van der Waals surface area contributed by atoms with E-state index in [1.54, 1.807) is 0 Å². The van der Waals surface area contributed by atoms with Crippen molar-refractivity contribution in [3.05, 3.63) is 0 Å². The van der Waals surface area contributed by atoms with Crippen molar-refractivity contribution in [1.82, 2.24) is 0 Å². The molecule has 4 aliphatic carbocycles. The van der Waals surface area contributed by atoms with Gasteiger partial charge in [0.15, 0.2) is 0 Å². The van der Waals surface area contributed by atoms with Crippen LogP contribution in [0.2, 0.25) is 0 Å². The smallest absolute Gasteiger partial charge is 0.139 e. The van der Waals surface area contributed by atoms with Crippen molar-refractivity contribution in [2.24, 2.45) is 34.5 Å². The van der Waals surface area contributed by atoms with E-state index >= 15 is 0 Å². The Balaban J connectivity index is 1.64. The maximum atomic E-state index is 12.4. The first-order valence-corrected chi connectivity index (χ1v) is 9.56. The molecule has 4 rings (SSSR count). The summed E-state index contributed by atoms with van der Waals surface area (Å²) in [7, 11) is 0. The molecule has 0 heterocycles. The number of halogens is 1. The van der Waals surface area contributed by atoms with Gasteiger partial charge in [0.05, 0.1) is 0 Å². The summed E-state index contributed by atoms with van der Waals surface area (Å²) >= 11 is 6.46. The van der Waals surface area contributed by atoms with Crippen LogP contribution in [0.15, 0.2) is 0 Å². The van der Waals surface area contributed by atoms with Gasteiger partial charge in [0.25, 0.3) is 0 Å². The Kier molecular flexibility index (Phi) is 3.27. The number of ketones is 1. The molecule has 21 heavy (non-hydrogen) atoms. The molecule has 0 unspecified atom stereocenters. The van der Waals surface area contributed by atoms with Gasteiger partial charge in [-0.25, -0.2) is 0 Å². The summed E-state index contributed by atoms with van der Waals surface area (Å²) in [5, 5.41) is 0.418. The van der Waals surface area contributed by atoms with Crippen molar-refractivity contribution in [3.63, 3.8) is 0 Å². The van der Waals surface area contributed by atoms with E-state index in [1.165, 1.54) is 44.9 Å². The predicted octanol–water partition coefficient (Wildman–Crippen LogP) is 5.21. The molecular formula is C19H29ClO. The molecule has 0 aliphatic heterocycles. The summed E-state index contributed by atoms with van der Waals surface area (Å²) in [4.78, 5) is 12.4. The zero-order valence-corrected chi connectivity index (χ0v) is 14.3. The number of Topliss-reactive ketones (excluding diaryl/α,β-unsaturated/α-hetero) is 1. The van der Waals surface area contributed by atoms with E-state index in [-0.39, 0.29) is 5.41 Å². The molecule has 0 N–H and O–H groups in total. The summed E-state index contributed by atoms with van der Waals surface area (Å²) in [6, 6.07) is 0. The molecule has 0 bridgehead atoms. The summed E-state index contributed by atoms with van der Waals surface area (Å²) in [5.41, 5.74) is 0.551. The van der Waals surface area contributed by atoms with Gasteiger partial charge < -0.3 is 0 Å². The zero-order chi connectivity index (χ0) is 14.8. The van der Waals surface area contributed by atoms with E-state index in [1.807, 2.05) is 0 Å². The van der Waals surface area contributed by atoms with Gasteiger partial charge in [-0.1, -0.05) is 13.8 Å². The quantitative estimate of drug-likeness (QED) is 0.562. The number of carbonyl (C=O) groups is 1. The van der Waals surface area contributed by atoms with Gasteiger partial charge in [0, 0.05) is 17.2 Å². The van der Waals surface area contributed by atoms with Crippen LogP contribution in [-0.2, 0) is 4.79 Å². The minimum Gasteiger partial charge on any atom is -0.299 e. The number of hydrogen-bond acceptors (Lipinski definition) is 1. The number of carbonyl (C=O) groups excluding carboxylic acids is 1. The van der Waals surface area contributed by atoms with Gasteiger partial charge in [0.1, 0.15) is 5.78 Å². The average molecular weight is 309 g/mol. The van der Waals surface area contributed by atoms with Crippen LogP contribution < -0.4 is 0 Å². The third kappa shape index (κ3) is 1.92. The van der Waals surface area contributed by atoms with Gasteiger partial charge in [-0.15, -0.1) is 11.6 Å². The molecule has 4 fully saturated rings. The third-order valence-electron chi connectivity index (χ3n) is 8.31. The van der Waals surface area contributed by atoms with Gasteiger partial charge >= 0.3 is 0 Å². The molecule has 4 saturated carbocycles. The summed E-state index contributed by atoms with van der Waals surface area (Å²) < 4.78 is 0. The molecule has 0 aromatic rings. The highest BCUT2D eigenvalue weighted by atomic mass is 35.5. The molecular weight excluding hydrogens is 280 g/mol. The highest BCUT2D eigenvalue weighted by molar-refractivity contribution is 6.20. The first kappa shape index (κ1) is 14.5. The Labute approximate surface area is 134 Å². The molecule has 0 amide bonds. The monoisotopic (exact) mass is 308 g/mol. The van der Waals surface area contributed by atoms with Crippen molar-refractivity contribution in [2.75, 3.05) is 0 Å². The third-order valence-corrected chi connectivity index (χ3v) is 8.71. The second-order valence-corrected chi connectivity index (χ2v) is 9.56. The zero-order valence-electron chi connectivity index (χ0n) is 13.5. The molecule has 0 radical (unpaired) electrons.